The SMILES string of the molecule is O=C(c1ccc([N+](=O)[O-])cc1)C(O)CC1(c2ccccc2)C(=O)c2ccccc2C1=O. The highest BCUT2D eigenvalue weighted by Crippen LogP contribution is 2.43. The third kappa shape index (κ3) is 3.25. The maximum atomic E-state index is 13.4. The number of aliphatic hydroxyl groups excluding tert-OH is 1. The summed E-state index contributed by atoms with van der Waals surface area (Å²) < 4.78 is 0. The number of nitrogens with zero attached hydrogens (tertiary/aromatic N) is 1. The quantitative estimate of drug-likeness (QED) is 0.285. The van der Waals surface area contributed by atoms with E-state index < -0.39 is 40.2 Å². The van der Waals surface area contributed by atoms with Crippen LogP contribution in [0.15, 0.2) is 78.9 Å². The van der Waals surface area contributed by atoms with Crippen molar-refractivity contribution in [1.82, 2.24) is 0 Å². The summed E-state index contributed by atoms with van der Waals surface area (Å²) in [6.07, 6.45) is -2.09. The second kappa shape index (κ2) is 7.70. The van der Waals surface area contributed by atoms with E-state index in [-0.39, 0.29) is 22.4 Å². The Kier molecular flexibility index (Phi) is 5.04. The van der Waals surface area contributed by atoms with Crippen molar-refractivity contribution in [3.05, 3.63) is 111 Å². The second-order valence-electron chi connectivity index (χ2n) is 7.36. The van der Waals surface area contributed by atoms with Gasteiger partial charge in [0.2, 0.25) is 0 Å². The maximum Gasteiger partial charge on any atom is 0.269 e. The molecule has 1 aliphatic rings. The fraction of sp³-hybridized carbons (Fsp3) is 0.125. The van der Waals surface area contributed by atoms with Crippen molar-refractivity contribution < 1.29 is 24.4 Å². The molecular weight excluding hydrogens is 398 g/mol. The van der Waals surface area contributed by atoms with Crippen LogP contribution in [0.1, 0.15) is 43.1 Å². The number of benzene rings is 3. The van der Waals surface area contributed by atoms with Gasteiger partial charge in [0.05, 0.1) is 4.92 Å². The van der Waals surface area contributed by atoms with E-state index in [2.05, 4.69) is 0 Å². The molecule has 0 saturated carbocycles. The van der Waals surface area contributed by atoms with Gasteiger partial charge in [-0.2, -0.15) is 0 Å². The molecule has 3 aromatic carbocycles. The Morgan fingerprint density at radius 2 is 1.39 bits per heavy atom. The number of Topliss-reactive ketones (excluding diaryl/α,β-unsaturated/α-hetero) is 3. The van der Waals surface area contributed by atoms with Crippen LogP contribution in [0.5, 0.6) is 0 Å². The van der Waals surface area contributed by atoms with E-state index in [9.17, 15) is 29.6 Å². The Bertz CT molecular complexity index is 1170. The second-order valence-corrected chi connectivity index (χ2v) is 7.36. The topological polar surface area (TPSA) is 115 Å². The summed E-state index contributed by atoms with van der Waals surface area (Å²) in [5, 5.41) is 21.6. The van der Waals surface area contributed by atoms with Crippen molar-refractivity contribution >= 4 is 23.0 Å². The van der Waals surface area contributed by atoms with Crippen LogP contribution in [0.3, 0.4) is 0 Å². The molecule has 1 atom stereocenters. The maximum absolute atomic E-state index is 13.4. The molecule has 4 rings (SSSR count). The van der Waals surface area contributed by atoms with Crippen molar-refractivity contribution in [1.29, 1.82) is 0 Å². The molecular formula is C24H17NO6. The average molecular weight is 415 g/mol. The highest BCUT2D eigenvalue weighted by atomic mass is 16.6. The van der Waals surface area contributed by atoms with Crippen molar-refractivity contribution in [3.63, 3.8) is 0 Å². The Labute approximate surface area is 177 Å². The zero-order valence-electron chi connectivity index (χ0n) is 16.2. The molecule has 1 aliphatic carbocycles. The molecule has 31 heavy (non-hydrogen) atoms. The number of nitro benzene ring substituents is 1. The first-order valence-corrected chi connectivity index (χ1v) is 9.57. The van der Waals surface area contributed by atoms with Gasteiger partial charge in [-0.3, -0.25) is 24.5 Å². The van der Waals surface area contributed by atoms with Crippen LogP contribution in [0.25, 0.3) is 0 Å². The van der Waals surface area contributed by atoms with Crippen molar-refractivity contribution in [2.24, 2.45) is 0 Å². The summed E-state index contributed by atoms with van der Waals surface area (Å²) in [5.41, 5.74) is -0.949. The molecule has 1 unspecified atom stereocenters. The molecule has 0 radical (unpaired) electrons. The Hall–Kier alpha value is -3.97. The number of non-ortho nitro benzene ring substituents is 1. The van der Waals surface area contributed by atoms with Gasteiger partial charge in [-0.05, 0) is 17.7 Å². The summed E-state index contributed by atoms with van der Waals surface area (Å²) in [6, 6.07) is 19.6. The summed E-state index contributed by atoms with van der Waals surface area (Å²) in [7, 11) is 0. The van der Waals surface area contributed by atoms with Crippen LogP contribution in [0, 0.1) is 10.1 Å². The van der Waals surface area contributed by atoms with Gasteiger partial charge in [-0.15, -0.1) is 0 Å². The molecule has 7 heteroatoms. The van der Waals surface area contributed by atoms with E-state index in [4.69, 9.17) is 0 Å². The highest BCUT2D eigenvalue weighted by molar-refractivity contribution is 6.33. The minimum atomic E-state index is -1.72. The van der Waals surface area contributed by atoms with Crippen LogP contribution in [0.2, 0.25) is 0 Å². The molecule has 0 aliphatic heterocycles. The molecule has 0 saturated heterocycles. The lowest BCUT2D eigenvalue weighted by atomic mass is 9.71. The molecule has 3 aromatic rings. The van der Waals surface area contributed by atoms with E-state index >= 15 is 0 Å². The van der Waals surface area contributed by atoms with E-state index in [1.54, 1.807) is 54.6 Å². The van der Waals surface area contributed by atoms with Gasteiger partial charge < -0.3 is 5.11 Å². The van der Waals surface area contributed by atoms with Crippen LogP contribution < -0.4 is 0 Å². The van der Waals surface area contributed by atoms with Crippen LogP contribution in [0.4, 0.5) is 5.69 Å². The first-order chi connectivity index (χ1) is 14.9. The summed E-state index contributed by atoms with van der Waals surface area (Å²) in [6.45, 7) is 0. The molecule has 154 valence electrons. The highest BCUT2D eigenvalue weighted by Gasteiger charge is 2.55. The van der Waals surface area contributed by atoms with Gasteiger partial charge in [0.1, 0.15) is 11.5 Å². The molecule has 0 fully saturated rings. The predicted octanol–water partition coefficient (Wildman–Crippen LogP) is 3.55. The zero-order chi connectivity index (χ0) is 22.2. The fourth-order valence-electron chi connectivity index (χ4n) is 4.05. The first-order valence-electron chi connectivity index (χ1n) is 9.57. The van der Waals surface area contributed by atoms with Crippen LogP contribution in [-0.2, 0) is 5.41 Å². The summed E-state index contributed by atoms with van der Waals surface area (Å²) >= 11 is 0. The number of carbonyl (C=O) groups excluding carboxylic acids is 3. The lowest BCUT2D eigenvalue weighted by Crippen LogP contribution is -2.43. The molecule has 1 N–H and O–H groups in total. The smallest absolute Gasteiger partial charge is 0.269 e. The third-order valence-corrected chi connectivity index (χ3v) is 5.62. The van der Waals surface area contributed by atoms with E-state index in [1.165, 1.54) is 12.1 Å². The average Bonchev–Trinajstić information content (AvgIpc) is 3.02. The number of nitro groups is 1. The number of hydrogen-bond donors (Lipinski definition) is 1. The minimum absolute atomic E-state index is 0.0525. The molecule has 7 nitrogen and oxygen atoms in total. The third-order valence-electron chi connectivity index (χ3n) is 5.62. The number of carbonyl (C=O) groups is 3. The Morgan fingerprint density at radius 3 is 1.90 bits per heavy atom. The summed E-state index contributed by atoms with van der Waals surface area (Å²) in [5.74, 6) is -1.65. The van der Waals surface area contributed by atoms with Crippen molar-refractivity contribution in [2.45, 2.75) is 17.9 Å². The molecule has 0 heterocycles. The number of rotatable bonds is 6. The van der Waals surface area contributed by atoms with E-state index in [1.807, 2.05) is 0 Å². The number of hydrogen-bond acceptors (Lipinski definition) is 6. The minimum Gasteiger partial charge on any atom is -0.385 e. The molecule has 0 spiro atoms. The molecule has 0 aromatic heterocycles. The lowest BCUT2D eigenvalue weighted by molar-refractivity contribution is -0.384. The Morgan fingerprint density at radius 1 is 0.871 bits per heavy atom. The first kappa shape index (κ1) is 20.3. The normalized spacial score (nSPS) is 15.4. The number of aliphatic hydroxyl groups is 1. The molecule has 0 amide bonds. The van der Waals surface area contributed by atoms with Gasteiger partial charge in [-0.25, -0.2) is 0 Å². The largest absolute Gasteiger partial charge is 0.385 e. The van der Waals surface area contributed by atoms with Gasteiger partial charge >= 0.3 is 0 Å². The number of fused-ring (bicyclic) bond motifs is 1. The Balaban J connectivity index is 1.73. The van der Waals surface area contributed by atoms with Crippen LogP contribution >= 0.6 is 0 Å². The van der Waals surface area contributed by atoms with Crippen molar-refractivity contribution in [2.75, 3.05) is 0 Å². The van der Waals surface area contributed by atoms with Gasteiger partial charge in [0.15, 0.2) is 17.3 Å². The van der Waals surface area contributed by atoms with Gasteiger partial charge in [0.25, 0.3) is 5.69 Å². The summed E-state index contributed by atoms with van der Waals surface area (Å²) in [4.78, 5) is 49.9. The monoisotopic (exact) mass is 415 g/mol. The van der Waals surface area contributed by atoms with Crippen molar-refractivity contribution in [3.8, 4) is 0 Å². The van der Waals surface area contributed by atoms with Crippen LogP contribution in [-0.4, -0.2) is 33.5 Å². The lowest BCUT2D eigenvalue weighted by Gasteiger charge is -2.28. The fourth-order valence-corrected chi connectivity index (χ4v) is 4.05. The van der Waals surface area contributed by atoms with E-state index in [0.29, 0.717) is 5.56 Å². The van der Waals surface area contributed by atoms with E-state index in [0.717, 1.165) is 12.1 Å². The zero-order valence-corrected chi connectivity index (χ0v) is 16.2. The molecule has 0 bridgehead atoms. The van der Waals surface area contributed by atoms with Gasteiger partial charge in [-0.1, -0.05) is 54.6 Å². The number of ketones is 3. The predicted molar refractivity (Wildman–Crippen MR) is 111 cm³/mol. The van der Waals surface area contributed by atoms with Gasteiger partial charge in [0, 0.05) is 35.2 Å². The standard InChI is InChI=1S/C24H17NO6/c26-20(21(27)15-10-12-17(13-11-15)25(30)31)14-24(16-6-2-1-3-7-16)22(28)18-8-4-5-9-19(18)23(24)29/h1-13,20,26H,14H2.